The van der Waals surface area contributed by atoms with Crippen molar-refractivity contribution < 1.29 is 13.2 Å². The molecule has 1 unspecified atom stereocenters. The summed E-state index contributed by atoms with van der Waals surface area (Å²) in [5, 5.41) is 0. The van der Waals surface area contributed by atoms with Gasteiger partial charge in [-0.25, -0.2) is 8.42 Å². The van der Waals surface area contributed by atoms with Gasteiger partial charge >= 0.3 is 0 Å². The lowest BCUT2D eigenvalue weighted by Gasteiger charge is -2.11. The fraction of sp³-hybridized carbons (Fsp3) is 0.278. The van der Waals surface area contributed by atoms with Crippen LogP contribution in [0.15, 0.2) is 58.4 Å². The number of ether oxygens (including phenoxy) is 1. The Bertz CT molecular complexity index is 858. The van der Waals surface area contributed by atoms with Crippen molar-refractivity contribution >= 4 is 15.9 Å². The lowest BCUT2D eigenvalue weighted by atomic mass is 9.98. The summed E-state index contributed by atoms with van der Waals surface area (Å²) in [5.41, 5.74) is 1.86. The normalized spacial score (nSPS) is 18.0. The third-order valence-corrected chi connectivity index (χ3v) is 5.58. The second-order valence-electron chi connectivity index (χ2n) is 5.79. The Balaban J connectivity index is 1.68. The molecule has 1 heterocycles. The number of hydrogen-bond acceptors (Lipinski definition) is 4. The highest BCUT2D eigenvalue weighted by Gasteiger charge is 2.29. The molecule has 0 saturated carbocycles. The second kappa shape index (κ2) is 6.65. The van der Waals surface area contributed by atoms with Crippen LogP contribution >= 0.6 is 0 Å². The Morgan fingerprint density at radius 3 is 2.54 bits per heavy atom. The minimum Gasteiger partial charge on any atom is -0.497 e. The summed E-state index contributed by atoms with van der Waals surface area (Å²) in [7, 11) is -1.81. The number of nitrogens with zero attached hydrogens (tertiary/aromatic N) is 1. The zero-order valence-corrected chi connectivity index (χ0v) is 14.5. The lowest BCUT2D eigenvalue weighted by Crippen LogP contribution is -2.22. The predicted octanol–water partition coefficient (Wildman–Crippen LogP) is 2.93. The predicted molar refractivity (Wildman–Crippen MR) is 94.2 cm³/mol. The number of fused-ring (bicyclic) bond motifs is 1. The van der Waals surface area contributed by atoms with E-state index in [9.17, 15) is 8.42 Å². The molecule has 126 valence electrons. The van der Waals surface area contributed by atoms with Crippen LogP contribution in [0.1, 0.15) is 30.4 Å². The van der Waals surface area contributed by atoms with Crippen molar-refractivity contribution in [2.75, 3.05) is 13.7 Å². The molecule has 0 bridgehead atoms. The van der Waals surface area contributed by atoms with Gasteiger partial charge in [0.25, 0.3) is 10.0 Å². The molecule has 1 aliphatic rings. The molecule has 0 saturated heterocycles. The van der Waals surface area contributed by atoms with Gasteiger partial charge in [0.2, 0.25) is 0 Å². The number of aliphatic imine (C=N–C) groups is 1. The molecule has 1 atom stereocenters. The molecule has 2 aromatic carbocycles. The van der Waals surface area contributed by atoms with Gasteiger partial charge in [-0.2, -0.15) is 0 Å². The number of amidine groups is 1. The molecular weight excluding hydrogens is 324 g/mol. The molecule has 1 N–H and O–H groups in total. The van der Waals surface area contributed by atoms with E-state index in [1.54, 1.807) is 25.3 Å². The first kappa shape index (κ1) is 16.5. The Morgan fingerprint density at radius 1 is 1.12 bits per heavy atom. The maximum Gasteiger partial charge on any atom is 0.263 e. The summed E-state index contributed by atoms with van der Waals surface area (Å²) in [4.78, 5) is 4.76. The quantitative estimate of drug-likeness (QED) is 0.907. The number of rotatable bonds is 5. The molecule has 0 amide bonds. The van der Waals surface area contributed by atoms with Gasteiger partial charge in [-0.1, -0.05) is 31.2 Å². The van der Waals surface area contributed by atoms with Crippen LogP contribution in [-0.4, -0.2) is 27.9 Å². The molecule has 24 heavy (non-hydrogen) atoms. The van der Waals surface area contributed by atoms with Crippen molar-refractivity contribution in [2.24, 2.45) is 4.99 Å². The van der Waals surface area contributed by atoms with Crippen LogP contribution in [0.25, 0.3) is 0 Å². The van der Waals surface area contributed by atoms with E-state index in [0.29, 0.717) is 28.8 Å². The minimum atomic E-state index is -3.46. The van der Waals surface area contributed by atoms with Crippen LogP contribution in [0.5, 0.6) is 5.75 Å². The van der Waals surface area contributed by atoms with Crippen LogP contribution in [0, 0.1) is 0 Å². The molecule has 2 aromatic rings. The van der Waals surface area contributed by atoms with Gasteiger partial charge in [0.15, 0.2) is 0 Å². The van der Waals surface area contributed by atoms with Crippen LogP contribution < -0.4 is 9.46 Å². The van der Waals surface area contributed by atoms with Gasteiger partial charge in [-0.3, -0.25) is 9.71 Å². The highest BCUT2D eigenvalue weighted by Crippen LogP contribution is 2.24. The van der Waals surface area contributed by atoms with Crippen LogP contribution in [0.4, 0.5) is 0 Å². The van der Waals surface area contributed by atoms with Gasteiger partial charge in [-0.05, 0) is 42.2 Å². The van der Waals surface area contributed by atoms with Gasteiger partial charge in [0.05, 0.1) is 12.0 Å². The minimum absolute atomic E-state index is 0.298. The first-order valence-corrected chi connectivity index (χ1v) is 9.30. The third-order valence-electron chi connectivity index (χ3n) is 4.18. The number of nitrogens with one attached hydrogen (secondary N) is 1. The highest BCUT2D eigenvalue weighted by molar-refractivity contribution is 7.90. The Labute approximate surface area is 142 Å². The summed E-state index contributed by atoms with van der Waals surface area (Å²) in [6.07, 6.45) is 0.833. The number of hydrogen-bond donors (Lipinski definition) is 1. The molecule has 5 nitrogen and oxygen atoms in total. The standard InChI is InChI=1S/C18H20N2O3S/c1-13(14-7-9-15(23-2)10-8-14)11-12-19-18-16-5-3-4-6-17(16)24(21,22)20-18/h3-10,13H,11-12H2,1-2H3,(H,19,20). The summed E-state index contributed by atoms with van der Waals surface area (Å²) >= 11 is 0. The fourth-order valence-corrected chi connectivity index (χ4v) is 3.97. The highest BCUT2D eigenvalue weighted by atomic mass is 32.2. The SMILES string of the molecule is COc1ccc(C(C)CCN=C2NS(=O)(=O)c3ccccc32)cc1. The molecule has 3 rings (SSSR count). The fourth-order valence-electron chi connectivity index (χ4n) is 2.72. The lowest BCUT2D eigenvalue weighted by molar-refractivity contribution is 0.414. The van der Waals surface area contributed by atoms with E-state index in [4.69, 9.17) is 4.74 Å². The van der Waals surface area contributed by atoms with Crippen molar-refractivity contribution in [3.8, 4) is 5.75 Å². The Hall–Kier alpha value is -2.34. The maximum absolute atomic E-state index is 12.0. The van der Waals surface area contributed by atoms with Crippen molar-refractivity contribution in [2.45, 2.75) is 24.2 Å². The first-order valence-electron chi connectivity index (χ1n) is 7.82. The van der Waals surface area contributed by atoms with E-state index in [1.807, 2.05) is 30.3 Å². The van der Waals surface area contributed by atoms with Gasteiger partial charge in [0, 0.05) is 12.1 Å². The molecule has 0 aromatic heterocycles. The second-order valence-corrected chi connectivity index (χ2v) is 7.45. The summed E-state index contributed by atoms with van der Waals surface area (Å²) < 4.78 is 31.8. The van der Waals surface area contributed by atoms with E-state index in [2.05, 4.69) is 16.6 Å². The molecule has 0 radical (unpaired) electrons. The van der Waals surface area contributed by atoms with Crippen LogP contribution in [0.3, 0.4) is 0 Å². The number of benzene rings is 2. The Kier molecular flexibility index (Phi) is 4.57. The van der Waals surface area contributed by atoms with Crippen LogP contribution in [0.2, 0.25) is 0 Å². The first-order chi connectivity index (χ1) is 11.5. The van der Waals surface area contributed by atoms with Crippen molar-refractivity contribution in [1.29, 1.82) is 0 Å². The van der Waals surface area contributed by atoms with Gasteiger partial charge in [0.1, 0.15) is 11.6 Å². The molecule has 1 aliphatic heterocycles. The topological polar surface area (TPSA) is 67.8 Å². The van der Waals surface area contributed by atoms with E-state index in [0.717, 1.165) is 12.2 Å². The van der Waals surface area contributed by atoms with E-state index >= 15 is 0 Å². The van der Waals surface area contributed by atoms with Crippen LogP contribution in [-0.2, 0) is 10.0 Å². The van der Waals surface area contributed by atoms with Crippen molar-refractivity contribution in [3.05, 3.63) is 59.7 Å². The van der Waals surface area contributed by atoms with E-state index in [1.165, 1.54) is 5.56 Å². The van der Waals surface area contributed by atoms with Gasteiger partial charge < -0.3 is 4.74 Å². The largest absolute Gasteiger partial charge is 0.497 e. The summed E-state index contributed by atoms with van der Waals surface area (Å²) in [5.74, 6) is 1.60. The number of methoxy groups -OCH3 is 1. The zero-order chi connectivity index (χ0) is 17.2. The van der Waals surface area contributed by atoms with Crippen molar-refractivity contribution in [3.63, 3.8) is 0 Å². The molecule has 0 fully saturated rings. The zero-order valence-electron chi connectivity index (χ0n) is 13.7. The molecule has 6 heteroatoms. The monoisotopic (exact) mass is 344 g/mol. The van der Waals surface area contributed by atoms with E-state index < -0.39 is 10.0 Å². The number of sulfonamides is 1. The van der Waals surface area contributed by atoms with Gasteiger partial charge in [-0.15, -0.1) is 0 Å². The van der Waals surface area contributed by atoms with E-state index in [-0.39, 0.29) is 0 Å². The maximum atomic E-state index is 12.0. The van der Waals surface area contributed by atoms with Crippen molar-refractivity contribution in [1.82, 2.24) is 4.72 Å². The Morgan fingerprint density at radius 2 is 1.83 bits per heavy atom. The molecule has 0 spiro atoms. The average molecular weight is 344 g/mol. The molecular formula is C18H20N2O3S. The third kappa shape index (κ3) is 3.28. The molecule has 0 aliphatic carbocycles. The smallest absolute Gasteiger partial charge is 0.263 e. The average Bonchev–Trinajstić information content (AvgIpc) is 2.86. The summed E-state index contributed by atoms with van der Waals surface area (Å²) in [6.45, 7) is 2.69. The summed E-state index contributed by atoms with van der Waals surface area (Å²) in [6, 6.07) is 14.9.